The van der Waals surface area contributed by atoms with E-state index in [1.165, 1.54) is 0 Å². The molecule has 2 nitrogen and oxygen atoms in total. The van der Waals surface area contributed by atoms with Crippen molar-refractivity contribution in [3.8, 4) is 0 Å². The quantitative estimate of drug-likeness (QED) is 0.411. The van der Waals surface area contributed by atoms with Gasteiger partial charge in [-0.05, 0) is 44.7 Å². The number of aryl methyl sites for hydroxylation is 3. The molecule has 0 unspecified atom stereocenters. The maximum absolute atomic E-state index is 7.14. The molecule has 0 aliphatic heterocycles. The zero-order chi connectivity index (χ0) is 11.3. The Morgan fingerprint density at radius 3 is 2.87 bits per heavy atom. The third-order valence-corrected chi connectivity index (χ3v) is 2.34. The van der Waals surface area contributed by atoms with Crippen LogP contribution in [0.25, 0.3) is 4.85 Å². The molecule has 1 rings (SSSR count). The Morgan fingerprint density at radius 1 is 1.53 bits per heavy atom. The molecule has 0 N–H and O–H groups in total. The minimum Gasteiger partial charge on any atom is -0.270 e. The molecule has 0 spiro atoms. The van der Waals surface area contributed by atoms with Crippen LogP contribution in [0.2, 0.25) is 0 Å². The molecule has 1 aromatic rings. The highest BCUT2D eigenvalue weighted by molar-refractivity contribution is 5.56. The molecule has 1 aromatic heterocycles. The van der Waals surface area contributed by atoms with Crippen LogP contribution in [0.4, 0.5) is 5.69 Å². The van der Waals surface area contributed by atoms with E-state index in [0.29, 0.717) is 0 Å². The van der Waals surface area contributed by atoms with E-state index in [4.69, 9.17) is 6.57 Å². The van der Waals surface area contributed by atoms with Gasteiger partial charge in [-0.3, -0.25) is 4.98 Å². The topological polar surface area (TPSA) is 17.2 Å². The molecule has 1 heterocycles. The van der Waals surface area contributed by atoms with Crippen LogP contribution in [0.1, 0.15) is 29.8 Å². The molecule has 0 bridgehead atoms. The first kappa shape index (κ1) is 11.5. The van der Waals surface area contributed by atoms with Crippen LogP contribution in [0, 0.1) is 20.4 Å². The molecule has 0 aromatic carbocycles. The molecule has 0 radical (unpaired) electrons. The number of allylic oxidation sites excluding steroid dienone is 1. The van der Waals surface area contributed by atoms with E-state index < -0.39 is 0 Å². The van der Waals surface area contributed by atoms with Crippen molar-refractivity contribution in [2.75, 3.05) is 0 Å². The standard InChI is InChI=1S/C13H16N2/c1-5-6-7-8-12-9-10(2)15-11(3)13(12)14-4/h5,9H,1,6-8H2,2-3H3. The third-order valence-electron chi connectivity index (χ3n) is 2.34. The number of hydrogen-bond acceptors (Lipinski definition) is 1. The van der Waals surface area contributed by atoms with Gasteiger partial charge in [0.25, 0.3) is 0 Å². The van der Waals surface area contributed by atoms with Crippen molar-refractivity contribution in [1.82, 2.24) is 4.98 Å². The van der Waals surface area contributed by atoms with E-state index in [1.807, 2.05) is 26.0 Å². The molecule has 0 atom stereocenters. The van der Waals surface area contributed by atoms with Gasteiger partial charge in [0.15, 0.2) is 0 Å². The zero-order valence-electron chi connectivity index (χ0n) is 9.38. The average Bonchev–Trinajstić information content (AvgIpc) is 2.17. The van der Waals surface area contributed by atoms with Crippen LogP contribution in [-0.2, 0) is 6.42 Å². The number of unbranched alkanes of at least 4 members (excludes halogenated alkanes) is 1. The summed E-state index contributed by atoms with van der Waals surface area (Å²) in [6, 6.07) is 2.02. The first-order valence-corrected chi connectivity index (χ1v) is 5.14. The SMILES string of the molecule is [C-]#[N+]c1c(CCCC=C)cc(C)nc1C. The van der Waals surface area contributed by atoms with Crippen LogP contribution in [0.3, 0.4) is 0 Å². The smallest absolute Gasteiger partial charge is 0.211 e. The molecule has 78 valence electrons. The van der Waals surface area contributed by atoms with Gasteiger partial charge in [0.1, 0.15) is 0 Å². The number of pyridine rings is 1. The van der Waals surface area contributed by atoms with Crippen LogP contribution < -0.4 is 0 Å². The highest BCUT2D eigenvalue weighted by atomic mass is 14.8. The van der Waals surface area contributed by atoms with Crippen molar-refractivity contribution in [2.24, 2.45) is 0 Å². The fourth-order valence-electron chi connectivity index (χ4n) is 1.68. The largest absolute Gasteiger partial charge is 0.270 e. The van der Waals surface area contributed by atoms with E-state index in [1.54, 1.807) is 0 Å². The van der Waals surface area contributed by atoms with E-state index in [2.05, 4.69) is 16.4 Å². The van der Waals surface area contributed by atoms with E-state index in [0.717, 1.165) is 41.9 Å². The summed E-state index contributed by atoms with van der Waals surface area (Å²) in [5.41, 5.74) is 3.69. The molecular weight excluding hydrogens is 184 g/mol. The molecular formula is C13H16N2. The minimum atomic E-state index is 0.727. The van der Waals surface area contributed by atoms with Gasteiger partial charge in [0.05, 0.1) is 6.57 Å². The third kappa shape index (κ3) is 2.92. The summed E-state index contributed by atoms with van der Waals surface area (Å²) in [7, 11) is 0. The van der Waals surface area contributed by atoms with Gasteiger partial charge in [-0.25, -0.2) is 4.85 Å². The maximum Gasteiger partial charge on any atom is 0.211 e. The molecule has 0 amide bonds. The van der Waals surface area contributed by atoms with Gasteiger partial charge in [0.2, 0.25) is 5.69 Å². The Bertz CT molecular complexity index is 400. The van der Waals surface area contributed by atoms with Crippen molar-refractivity contribution < 1.29 is 0 Å². The van der Waals surface area contributed by atoms with Crippen molar-refractivity contribution >= 4 is 5.69 Å². The van der Waals surface area contributed by atoms with Crippen molar-refractivity contribution in [3.63, 3.8) is 0 Å². The second-order valence-electron chi connectivity index (χ2n) is 3.65. The second kappa shape index (κ2) is 5.31. The molecule has 0 fully saturated rings. The van der Waals surface area contributed by atoms with E-state index in [-0.39, 0.29) is 0 Å². The van der Waals surface area contributed by atoms with Crippen molar-refractivity contribution in [1.29, 1.82) is 0 Å². The molecule has 0 saturated heterocycles. The summed E-state index contributed by atoms with van der Waals surface area (Å²) in [5.74, 6) is 0. The summed E-state index contributed by atoms with van der Waals surface area (Å²) >= 11 is 0. The molecule has 2 heteroatoms. The molecule has 0 saturated carbocycles. The highest BCUT2D eigenvalue weighted by Crippen LogP contribution is 2.25. The van der Waals surface area contributed by atoms with Gasteiger partial charge in [-0.15, -0.1) is 6.58 Å². The first-order chi connectivity index (χ1) is 7.19. The van der Waals surface area contributed by atoms with Crippen molar-refractivity contribution in [3.05, 3.63) is 47.1 Å². The monoisotopic (exact) mass is 200 g/mol. The fourth-order valence-corrected chi connectivity index (χ4v) is 1.68. The van der Waals surface area contributed by atoms with Crippen LogP contribution in [0.15, 0.2) is 18.7 Å². The predicted octanol–water partition coefficient (Wildman–Crippen LogP) is 3.76. The summed E-state index contributed by atoms with van der Waals surface area (Å²) in [6.45, 7) is 14.7. The molecule has 15 heavy (non-hydrogen) atoms. The lowest BCUT2D eigenvalue weighted by atomic mass is 10.1. The Balaban J connectivity index is 2.94. The van der Waals surface area contributed by atoms with Gasteiger partial charge >= 0.3 is 0 Å². The summed E-state index contributed by atoms with van der Waals surface area (Å²) in [6.07, 6.45) is 4.90. The van der Waals surface area contributed by atoms with Crippen molar-refractivity contribution in [2.45, 2.75) is 33.1 Å². The van der Waals surface area contributed by atoms with Gasteiger partial charge in [-0.2, -0.15) is 0 Å². The van der Waals surface area contributed by atoms with Gasteiger partial charge in [-0.1, -0.05) is 6.08 Å². The van der Waals surface area contributed by atoms with Crippen LogP contribution in [0.5, 0.6) is 0 Å². The summed E-state index contributed by atoms with van der Waals surface area (Å²) in [4.78, 5) is 7.85. The Morgan fingerprint density at radius 2 is 2.27 bits per heavy atom. The maximum atomic E-state index is 7.14. The molecule has 0 aliphatic rings. The van der Waals surface area contributed by atoms with E-state index in [9.17, 15) is 0 Å². The minimum absolute atomic E-state index is 0.727. The number of aromatic nitrogens is 1. The Labute approximate surface area is 91.5 Å². The summed E-state index contributed by atoms with van der Waals surface area (Å²) in [5, 5.41) is 0. The molecule has 0 aliphatic carbocycles. The van der Waals surface area contributed by atoms with Crippen LogP contribution in [-0.4, -0.2) is 4.98 Å². The van der Waals surface area contributed by atoms with Gasteiger partial charge in [0, 0.05) is 11.4 Å². The highest BCUT2D eigenvalue weighted by Gasteiger charge is 2.07. The number of hydrogen-bond donors (Lipinski definition) is 0. The van der Waals surface area contributed by atoms with Gasteiger partial charge < -0.3 is 0 Å². The average molecular weight is 200 g/mol. The van der Waals surface area contributed by atoms with E-state index >= 15 is 0 Å². The van der Waals surface area contributed by atoms with Crippen LogP contribution >= 0.6 is 0 Å². The lowest BCUT2D eigenvalue weighted by Gasteiger charge is -2.07. The normalized spacial score (nSPS) is 9.67. The number of nitrogens with zero attached hydrogens (tertiary/aromatic N) is 2. The summed E-state index contributed by atoms with van der Waals surface area (Å²) < 4.78 is 0. The zero-order valence-corrected chi connectivity index (χ0v) is 9.38. The Hall–Kier alpha value is -1.62. The lowest BCUT2D eigenvalue weighted by Crippen LogP contribution is -1.93. The second-order valence-corrected chi connectivity index (χ2v) is 3.65. The Kier molecular flexibility index (Phi) is 4.05. The fraction of sp³-hybridized carbons (Fsp3) is 0.385. The lowest BCUT2D eigenvalue weighted by molar-refractivity contribution is 0.841. The first-order valence-electron chi connectivity index (χ1n) is 5.14. The number of rotatable bonds is 4. The predicted molar refractivity (Wildman–Crippen MR) is 63.1 cm³/mol.